The molecule has 0 spiro atoms. The quantitative estimate of drug-likeness (QED) is 0.137. The first-order valence-corrected chi connectivity index (χ1v) is 12.5. The van der Waals surface area contributed by atoms with E-state index in [9.17, 15) is 31.1 Å². The number of hydrogen-bond donors (Lipinski definition) is 1. The van der Waals surface area contributed by atoms with Gasteiger partial charge in [-0.3, -0.25) is 4.79 Å². The number of hydrogen-bond acceptors (Lipinski definition) is 2. The van der Waals surface area contributed by atoms with Crippen LogP contribution in [0.5, 0.6) is 0 Å². The van der Waals surface area contributed by atoms with Crippen molar-refractivity contribution in [3.05, 3.63) is 86.4 Å². The molecule has 2 rings (SSSR count). The van der Waals surface area contributed by atoms with Gasteiger partial charge in [0.05, 0.1) is 32.1 Å². The SMILES string of the molecule is C=CCSCC(C)NC(=O)c1ccc(/C=C/C(c2cc(Cl)c(Cl)c(Cl)c2)C(F)(F)F)cc1C(F)(F)F. The van der Waals surface area contributed by atoms with Crippen molar-refractivity contribution >= 4 is 58.5 Å². The highest BCUT2D eigenvalue weighted by Gasteiger charge is 2.40. The molecule has 0 aliphatic heterocycles. The van der Waals surface area contributed by atoms with E-state index in [1.165, 1.54) is 11.8 Å². The Morgan fingerprint density at radius 2 is 1.69 bits per heavy atom. The summed E-state index contributed by atoms with van der Waals surface area (Å²) in [6.45, 7) is 5.21. The van der Waals surface area contributed by atoms with Gasteiger partial charge in [0.1, 0.15) is 0 Å². The zero-order valence-electron chi connectivity index (χ0n) is 18.6. The van der Waals surface area contributed by atoms with E-state index in [0.717, 1.165) is 30.3 Å². The average Bonchev–Trinajstić information content (AvgIpc) is 2.76. The van der Waals surface area contributed by atoms with Crippen molar-refractivity contribution in [2.45, 2.75) is 31.2 Å². The lowest BCUT2D eigenvalue weighted by molar-refractivity contribution is -0.139. The summed E-state index contributed by atoms with van der Waals surface area (Å²) >= 11 is 18.9. The predicted molar refractivity (Wildman–Crippen MR) is 135 cm³/mol. The van der Waals surface area contributed by atoms with Crippen molar-refractivity contribution in [3.8, 4) is 0 Å². The third-order valence-corrected chi connectivity index (χ3v) is 7.18. The molecule has 0 aliphatic carbocycles. The fourth-order valence-corrected chi connectivity index (χ4v) is 4.49. The minimum absolute atomic E-state index is 0.121. The second kappa shape index (κ2) is 12.6. The average molecular weight is 591 g/mol. The van der Waals surface area contributed by atoms with Crippen molar-refractivity contribution in [3.63, 3.8) is 0 Å². The Labute approximate surface area is 223 Å². The van der Waals surface area contributed by atoms with Crippen molar-refractivity contribution in [2.24, 2.45) is 0 Å². The van der Waals surface area contributed by atoms with Gasteiger partial charge in [0.2, 0.25) is 0 Å². The largest absolute Gasteiger partial charge is 0.417 e. The molecule has 0 saturated heterocycles. The Kier molecular flexibility index (Phi) is 10.7. The first kappa shape index (κ1) is 30.4. The zero-order valence-corrected chi connectivity index (χ0v) is 21.7. The van der Waals surface area contributed by atoms with Crippen LogP contribution in [0.1, 0.15) is 39.9 Å². The molecule has 0 aromatic heterocycles. The van der Waals surface area contributed by atoms with Gasteiger partial charge < -0.3 is 5.32 Å². The lowest BCUT2D eigenvalue weighted by Crippen LogP contribution is -2.35. The van der Waals surface area contributed by atoms with Gasteiger partial charge in [-0.2, -0.15) is 38.1 Å². The lowest BCUT2D eigenvalue weighted by atomic mass is 9.96. The van der Waals surface area contributed by atoms with Gasteiger partial charge in [0.25, 0.3) is 5.91 Å². The summed E-state index contributed by atoms with van der Waals surface area (Å²) in [7, 11) is 0. The molecule has 1 amide bonds. The minimum atomic E-state index is -4.92. The van der Waals surface area contributed by atoms with Crippen molar-refractivity contribution < 1.29 is 31.1 Å². The van der Waals surface area contributed by atoms with Gasteiger partial charge in [-0.05, 0) is 42.3 Å². The number of halogens is 9. The second-order valence-electron chi connectivity index (χ2n) is 7.68. The normalized spacial score (nSPS) is 14.1. The van der Waals surface area contributed by atoms with Gasteiger partial charge in [0, 0.05) is 17.5 Å². The molecule has 2 aromatic carbocycles. The molecule has 0 saturated carbocycles. The number of nitrogens with one attached hydrogen (secondary N) is 1. The van der Waals surface area contributed by atoms with Crippen molar-refractivity contribution in [1.82, 2.24) is 5.32 Å². The van der Waals surface area contributed by atoms with Crippen LogP contribution in [0.15, 0.2) is 49.1 Å². The second-order valence-corrected chi connectivity index (χ2v) is 9.95. The summed E-state index contributed by atoms with van der Waals surface area (Å²) < 4.78 is 82.3. The summed E-state index contributed by atoms with van der Waals surface area (Å²) in [5.74, 6) is -2.10. The van der Waals surface area contributed by atoms with Gasteiger partial charge >= 0.3 is 12.4 Å². The number of carbonyl (C=O) groups is 1. The Morgan fingerprint density at radius 1 is 1.08 bits per heavy atom. The summed E-state index contributed by atoms with van der Waals surface area (Å²) in [5, 5.41) is 1.98. The Hall–Kier alpha value is -1.81. The first-order valence-electron chi connectivity index (χ1n) is 10.2. The molecule has 0 fully saturated rings. The summed E-state index contributed by atoms with van der Waals surface area (Å²) in [6, 6.07) is 4.24. The van der Waals surface area contributed by atoms with Gasteiger partial charge in [0.15, 0.2) is 0 Å². The molecule has 36 heavy (non-hydrogen) atoms. The molecule has 0 radical (unpaired) electrons. The van der Waals surface area contributed by atoms with E-state index in [0.29, 0.717) is 23.6 Å². The highest BCUT2D eigenvalue weighted by atomic mass is 35.5. The number of alkyl halides is 6. The minimum Gasteiger partial charge on any atom is -0.349 e. The van der Waals surface area contributed by atoms with Crippen LogP contribution < -0.4 is 5.32 Å². The van der Waals surface area contributed by atoms with Gasteiger partial charge in [-0.1, -0.05) is 59.1 Å². The maximum atomic E-state index is 13.7. The van der Waals surface area contributed by atoms with E-state index in [2.05, 4.69) is 11.9 Å². The van der Waals surface area contributed by atoms with Crippen LogP contribution in [0.25, 0.3) is 6.08 Å². The molecule has 1 N–H and O–H groups in total. The van der Waals surface area contributed by atoms with Crippen LogP contribution in [0.3, 0.4) is 0 Å². The van der Waals surface area contributed by atoms with Crippen LogP contribution in [0, 0.1) is 0 Å². The van der Waals surface area contributed by atoms with Crippen LogP contribution in [-0.2, 0) is 6.18 Å². The molecule has 2 atom stereocenters. The van der Waals surface area contributed by atoms with E-state index in [1.54, 1.807) is 13.0 Å². The number of benzene rings is 2. The zero-order chi connectivity index (χ0) is 27.3. The van der Waals surface area contributed by atoms with Crippen LogP contribution in [-0.4, -0.2) is 29.6 Å². The first-order chi connectivity index (χ1) is 16.6. The fraction of sp³-hybridized carbons (Fsp3) is 0.292. The molecule has 12 heteroatoms. The predicted octanol–water partition coefficient (Wildman–Crippen LogP) is 9.06. The highest BCUT2D eigenvalue weighted by Crippen LogP contribution is 2.41. The summed E-state index contributed by atoms with van der Waals surface area (Å²) in [6.07, 6.45) is -6.49. The molecular formula is C24H20Cl3F6NOS. The van der Waals surface area contributed by atoms with Crippen molar-refractivity contribution in [2.75, 3.05) is 11.5 Å². The van der Waals surface area contributed by atoms with Crippen LogP contribution in [0.4, 0.5) is 26.3 Å². The van der Waals surface area contributed by atoms with E-state index < -0.39 is 41.3 Å². The summed E-state index contributed by atoms with van der Waals surface area (Å²) in [4.78, 5) is 12.5. The Morgan fingerprint density at radius 3 is 2.22 bits per heavy atom. The van der Waals surface area contributed by atoms with Gasteiger partial charge in [-0.25, -0.2) is 0 Å². The molecule has 0 bridgehead atoms. The fourth-order valence-electron chi connectivity index (χ4n) is 3.14. The number of allylic oxidation sites excluding steroid dienone is 1. The summed E-state index contributed by atoms with van der Waals surface area (Å²) in [5.41, 5.74) is -2.43. The molecule has 2 nitrogen and oxygen atoms in total. The molecule has 2 aromatic rings. The Balaban J connectivity index is 2.39. The topological polar surface area (TPSA) is 29.1 Å². The number of thioether (sulfide) groups is 1. The van der Waals surface area contributed by atoms with E-state index in [1.807, 2.05) is 0 Å². The maximum absolute atomic E-state index is 13.7. The van der Waals surface area contributed by atoms with Gasteiger partial charge in [-0.15, -0.1) is 6.58 Å². The molecule has 2 unspecified atom stereocenters. The van der Waals surface area contributed by atoms with E-state index >= 15 is 0 Å². The number of carbonyl (C=O) groups excluding carboxylic acids is 1. The smallest absolute Gasteiger partial charge is 0.349 e. The highest BCUT2D eigenvalue weighted by molar-refractivity contribution is 7.99. The molecule has 0 aliphatic rings. The van der Waals surface area contributed by atoms with Crippen molar-refractivity contribution in [1.29, 1.82) is 0 Å². The van der Waals surface area contributed by atoms with E-state index in [4.69, 9.17) is 34.8 Å². The molecular weight excluding hydrogens is 571 g/mol. The maximum Gasteiger partial charge on any atom is 0.417 e. The van der Waals surface area contributed by atoms with E-state index in [-0.39, 0.29) is 26.2 Å². The third-order valence-electron chi connectivity index (χ3n) is 4.77. The number of rotatable bonds is 9. The standard InChI is InChI=1S/C24H20Cl3F6NOS/c1-3-8-36-12-13(2)34-22(35)16-6-4-14(9-18(16)24(31,32)33)5-7-17(23(28,29)30)15-10-19(25)21(27)20(26)11-15/h3-7,9-11,13,17H,1,8,12H2,2H3,(H,34,35)/b7-5+. The number of amides is 1. The van der Waals surface area contributed by atoms with Crippen LogP contribution >= 0.6 is 46.6 Å². The van der Waals surface area contributed by atoms with Crippen LogP contribution in [0.2, 0.25) is 15.1 Å². The molecule has 0 heterocycles. The third kappa shape index (κ3) is 8.36. The monoisotopic (exact) mass is 589 g/mol. The lowest BCUT2D eigenvalue weighted by Gasteiger charge is -2.19. The molecule has 196 valence electrons. The Bertz CT molecular complexity index is 1110.